The molecule has 0 unspecified atom stereocenters. The molecule has 2 aromatic rings. The molecule has 0 aliphatic carbocycles. The van der Waals surface area contributed by atoms with Crippen molar-refractivity contribution in [3.8, 4) is 11.8 Å². The molecule has 0 amide bonds. The SMILES string of the molecule is Clc1cncc(C#Cc2ccccc2)c1. The van der Waals surface area contributed by atoms with E-state index in [1.165, 1.54) is 0 Å². The lowest BCUT2D eigenvalue weighted by Gasteiger charge is -1.90. The largest absolute Gasteiger partial charge is 0.262 e. The third-order valence-corrected chi connectivity index (χ3v) is 2.04. The Bertz CT molecular complexity index is 509. The molecule has 0 atom stereocenters. The Balaban J connectivity index is 2.26. The summed E-state index contributed by atoms with van der Waals surface area (Å²) in [6, 6.07) is 11.6. The van der Waals surface area contributed by atoms with Gasteiger partial charge in [0, 0.05) is 23.5 Å². The first-order valence-corrected chi connectivity index (χ1v) is 4.90. The van der Waals surface area contributed by atoms with Crippen LogP contribution < -0.4 is 0 Å². The first-order valence-electron chi connectivity index (χ1n) is 4.52. The fraction of sp³-hybridized carbons (Fsp3) is 0. The minimum atomic E-state index is 0.606. The number of hydrogen-bond acceptors (Lipinski definition) is 1. The van der Waals surface area contributed by atoms with Gasteiger partial charge < -0.3 is 0 Å². The van der Waals surface area contributed by atoms with Crippen molar-refractivity contribution in [1.82, 2.24) is 4.98 Å². The summed E-state index contributed by atoms with van der Waals surface area (Å²) >= 11 is 5.80. The lowest BCUT2D eigenvalue weighted by Crippen LogP contribution is -1.78. The van der Waals surface area contributed by atoms with Crippen molar-refractivity contribution >= 4 is 11.6 Å². The Kier molecular flexibility index (Phi) is 3.02. The van der Waals surface area contributed by atoms with Crippen molar-refractivity contribution in [2.24, 2.45) is 0 Å². The van der Waals surface area contributed by atoms with Crippen molar-refractivity contribution in [2.45, 2.75) is 0 Å². The van der Waals surface area contributed by atoms with E-state index < -0.39 is 0 Å². The second-order valence-corrected chi connectivity index (χ2v) is 3.44. The highest BCUT2D eigenvalue weighted by molar-refractivity contribution is 6.30. The van der Waals surface area contributed by atoms with Gasteiger partial charge >= 0.3 is 0 Å². The van der Waals surface area contributed by atoms with E-state index >= 15 is 0 Å². The van der Waals surface area contributed by atoms with Crippen LogP contribution in [0.5, 0.6) is 0 Å². The highest BCUT2D eigenvalue weighted by Crippen LogP contribution is 2.07. The first-order chi connectivity index (χ1) is 7.34. The zero-order valence-corrected chi connectivity index (χ0v) is 8.70. The summed E-state index contributed by atoms with van der Waals surface area (Å²) in [6.45, 7) is 0. The average Bonchev–Trinajstić information content (AvgIpc) is 2.28. The summed E-state index contributed by atoms with van der Waals surface area (Å²) in [5.41, 5.74) is 1.81. The molecule has 0 spiro atoms. The summed E-state index contributed by atoms with van der Waals surface area (Å²) in [5.74, 6) is 6.04. The maximum Gasteiger partial charge on any atom is 0.0601 e. The van der Waals surface area contributed by atoms with Crippen LogP contribution >= 0.6 is 11.6 Å². The molecule has 15 heavy (non-hydrogen) atoms. The summed E-state index contributed by atoms with van der Waals surface area (Å²) in [4.78, 5) is 3.96. The number of halogens is 1. The summed E-state index contributed by atoms with van der Waals surface area (Å²) in [6.07, 6.45) is 3.29. The van der Waals surface area contributed by atoms with Gasteiger partial charge in [-0.25, -0.2) is 0 Å². The van der Waals surface area contributed by atoms with Gasteiger partial charge in [-0.15, -0.1) is 0 Å². The van der Waals surface area contributed by atoms with Crippen molar-refractivity contribution in [1.29, 1.82) is 0 Å². The van der Waals surface area contributed by atoms with Crippen LogP contribution in [0.25, 0.3) is 0 Å². The molecule has 1 nitrogen and oxygen atoms in total. The van der Waals surface area contributed by atoms with E-state index in [1.807, 2.05) is 30.3 Å². The molecule has 2 heteroatoms. The van der Waals surface area contributed by atoms with Crippen LogP contribution in [0.1, 0.15) is 11.1 Å². The lowest BCUT2D eigenvalue weighted by atomic mass is 10.2. The molecule has 2 rings (SSSR count). The monoisotopic (exact) mass is 213 g/mol. The molecule has 1 aromatic heterocycles. The predicted molar refractivity (Wildman–Crippen MR) is 61.7 cm³/mol. The van der Waals surface area contributed by atoms with Crippen LogP contribution in [0.2, 0.25) is 5.02 Å². The van der Waals surface area contributed by atoms with Crippen LogP contribution in [0.4, 0.5) is 0 Å². The molecule has 0 aliphatic rings. The number of nitrogens with zero attached hydrogens (tertiary/aromatic N) is 1. The summed E-state index contributed by atoms with van der Waals surface area (Å²) in [7, 11) is 0. The lowest BCUT2D eigenvalue weighted by molar-refractivity contribution is 1.31. The molecule has 0 N–H and O–H groups in total. The molecular formula is C13H8ClN. The van der Waals surface area contributed by atoms with E-state index in [1.54, 1.807) is 18.5 Å². The Labute approximate surface area is 93.7 Å². The maximum absolute atomic E-state index is 5.80. The predicted octanol–water partition coefficient (Wildman–Crippen LogP) is 3.13. The second-order valence-electron chi connectivity index (χ2n) is 3.01. The number of aromatic nitrogens is 1. The van der Waals surface area contributed by atoms with Gasteiger partial charge in [-0.3, -0.25) is 4.98 Å². The van der Waals surface area contributed by atoms with Crippen LogP contribution in [-0.4, -0.2) is 4.98 Å². The summed E-state index contributed by atoms with van der Waals surface area (Å²) < 4.78 is 0. The molecule has 0 fully saturated rings. The summed E-state index contributed by atoms with van der Waals surface area (Å²) in [5, 5.41) is 0.606. The molecule has 0 saturated heterocycles. The fourth-order valence-corrected chi connectivity index (χ4v) is 1.32. The van der Waals surface area contributed by atoms with E-state index in [4.69, 9.17) is 11.6 Å². The second kappa shape index (κ2) is 4.63. The standard InChI is InChI=1S/C13H8ClN/c14-13-8-12(9-15-10-13)7-6-11-4-2-1-3-5-11/h1-5,8-10H. The van der Waals surface area contributed by atoms with Crippen molar-refractivity contribution in [2.75, 3.05) is 0 Å². The molecule has 0 radical (unpaired) electrons. The van der Waals surface area contributed by atoms with Gasteiger partial charge in [0.25, 0.3) is 0 Å². The first kappa shape index (κ1) is 9.76. The molecule has 0 aliphatic heterocycles. The topological polar surface area (TPSA) is 12.9 Å². The minimum Gasteiger partial charge on any atom is -0.262 e. The number of rotatable bonds is 0. The molecule has 72 valence electrons. The smallest absolute Gasteiger partial charge is 0.0601 e. The van der Waals surface area contributed by atoms with Crippen LogP contribution in [0.15, 0.2) is 48.8 Å². The molecule has 0 bridgehead atoms. The molecule has 1 heterocycles. The van der Waals surface area contributed by atoms with Gasteiger partial charge in [-0.1, -0.05) is 41.6 Å². The normalized spacial score (nSPS) is 9.13. The number of hydrogen-bond donors (Lipinski definition) is 0. The minimum absolute atomic E-state index is 0.606. The zero-order valence-electron chi connectivity index (χ0n) is 7.94. The molecule has 0 saturated carbocycles. The van der Waals surface area contributed by atoms with Crippen molar-refractivity contribution in [3.05, 3.63) is 64.9 Å². The van der Waals surface area contributed by atoms with Crippen LogP contribution in [-0.2, 0) is 0 Å². The van der Waals surface area contributed by atoms with Crippen molar-refractivity contribution < 1.29 is 0 Å². The van der Waals surface area contributed by atoms with Gasteiger partial charge in [-0.2, -0.15) is 0 Å². The Morgan fingerprint density at radius 3 is 2.40 bits per heavy atom. The maximum atomic E-state index is 5.80. The van der Waals surface area contributed by atoms with Gasteiger partial charge in [0.15, 0.2) is 0 Å². The van der Waals surface area contributed by atoms with E-state index in [0.29, 0.717) is 5.02 Å². The van der Waals surface area contributed by atoms with Gasteiger partial charge in [-0.05, 0) is 18.2 Å². The number of pyridine rings is 1. The zero-order chi connectivity index (χ0) is 10.5. The van der Waals surface area contributed by atoms with Crippen molar-refractivity contribution in [3.63, 3.8) is 0 Å². The van der Waals surface area contributed by atoms with E-state index in [2.05, 4.69) is 16.8 Å². The number of benzene rings is 1. The Hall–Kier alpha value is -1.78. The average molecular weight is 214 g/mol. The molecule has 1 aromatic carbocycles. The highest BCUT2D eigenvalue weighted by Gasteiger charge is 1.89. The third kappa shape index (κ3) is 2.83. The van der Waals surface area contributed by atoms with E-state index in [-0.39, 0.29) is 0 Å². The molecular weight excluding hydrogens is 206 g/mol. The Morgan fingerprint density at radius 2 is 1.67 bits per heavy atom. The van der Waals surface area contributed by atoms with E-state index in [0.717, 1.165) is 11.1 Å². The van der Waals surface area contributed by atoms with Crippen LogP contribution in [0, 0.1) is 11.8 Å². The Morgan fingerprint density at radius 1 is 0.933 bits per heavy atom. The fourth-order valence-electron chi connectivity index (χ4n) is 1.15. The van der Waals surface area contributed by atoms with E-state index in [9.17, 15) is 0 Å². The third-order valence-electron chi connectivity index (χ3n) is 1.83. The highest BCUT2D eigenvalue weighted by atomic mass is 35.5. The van der Waals surface area contributed by atoms with Crippen LogP contribution in [0.3, 0.4) is 0 Å². The van der Waals surface area contributed by atoms with Gasteiger partial charge in [0.2, 0.25) is 0 Å². The quantitative estimate of drug-likeness (QED) is 0.613. The van der Waals surface area contributed by atoms with Gasteiger partial charge in [0.05, 0.1) is 5.02 Å². The van der Waals surface area contributed by atoms with Gasteiger partial charge in [0.1, 0.15) is 0 Å².